The minimum Gasteiger partial charge on any atom is -0.452 e. The zero-order chi connectivity index (χ0) is 36.9. The minimum absolute atomic E-state index is 0.0629. The van der Waals surface area contributed by atoms with Gasteiger partial charge in [-0.25, -0.2) is 0 Å². The van der Waals surface area contributed by atoms with Gasteiger partial charge < -0.3 is 33.7 Å². The molecule has 10 nitrogen and oxygen atoms in total. The highest BCUT2D eigenvalue weighted by Crippen LogP contribution is 2.34. The lowest BCUT2D eigenvalue weighted by Crippen LogP contribution is -2.44. The lowest BCUT2D eigenvalue weighted by Gasteiger charge is -2.25. The number of ether oxygens (including phenoxy) is 6. The van der Waals surface area contributed by atoms with Crippen molar-refractivity contribution in [2.75, 3.05) is 34.2 Å². The summed E-state index contributed by atoms with van der Waals surface area (Å²) in [5.74, 6) is -0.727. The Morgan fingerprint density at radius 3 is 2.34 bits per heavy atom. The first kappa shape index (κ1) is 44.1. The smallest absolute Gasteiger partial charge is 0.309 e. The quantitative estimate of drug-likeness (QED) is 0.201. The van der Waals surface area contributed by atoms with E-state index >= 15 is 0 Å². The van der Waals surface area contributed by atoms with E-state index in [-0.39, 0.29) is 43.3 Å². The van der Waals surface area contributed by atoms with E-state index in [2.05, 4.69) is 37.4 Å². The molecule has 0 aromatic rings. The van der Waals surface area contributed by atoms with E-state index in [1.807, 2.05) is 27.7 Å². The number of amides is 1. The van der Waals surface area contributed by atoms with Gasteiger partial charge in [0.2, 0.25) is 0 Å². The van der Waals surface area contributed by atoms with Gasteiger partial charge in [-0.05, 0) is 82.6 Å². The molecule has 1 fully saturated rings. The molecule has 2 heterocycles. The second kappa shape index (κ2) is 24.2. The largest absolute Gasteiger partial charge is 0.452 e. The van der Waals surface area contributed by atoms with Gasteiger partial charge in [-0.3, -0.25) is 14.4 Å². The lowest BCUT2D eigenvalue weighted by atomic mass is 9.92. The molecule has 1 N–H and O–H groups in total. The van der Waals surface area contributed by atoms with Crippen LogP contribution in [0.1, 0.15) is 131 Å². The van der Waals surface area contributed by atoms with Crippen LogP contribution in [0.15, 0.2) is 23.8 Å². The summed E-state index contributed by atoms with van der Waals surface area (Å²) in [6.07, 6.45) is 15.5. The van der Waals surface area contributed by atoms with Crippen LogP contribution in [0, 0.1) is 17.8 Å². The van der Waals surface area contributed by atoms with Crippen LogP contribution in [-0.2, 0) is 42.8 Å². The van der Waals surface area contributed by atoms with E-state index in [4.69, 9.17) is 28.4 Å². The monoisotopic (exact) mass is 707 g/mol. The fourth-order valence-corrected chi connectivity index (χ4v) is 6.90. The van der Waals surface area contributed by atoms with Crippen molar-refractivity contribution in [1.29, 1.82) is 0 Å². The fourth-order valence-electron chi connectivity index (χ4n) is 6.90. The molecule has 288 valence electrons. The van der Waals surface area contributed by atoms with Gasteiger partial charge in [-0.2, -0.15) is 0 Å². The predicted molar refractivity (Wildman–Crippen MR) is 195 cm³/mol. The summed E-state index contributed by atoms with van der Waals surface area (Å²) in [5.41, 5.74) is 1.16. The molecule has 0 aromatic carbocycles. The van der Waals surface area contributed by atoms with Gasteiger partial charge in [0.05, 0.1) is 30.8 Å². The molecule has 0 radical (unpaired) electrons. The molecule has 0 aromatic heterocycles. The van der Waals surface area contributed by atoms with Gasteiger partial charge in [0.1, 0.15) is 12.6 Å². The van der Waals surface area contributed by atoms with E-state index in [1.165, 1.54) is 0 Å². The van der Waals surface area contributed by atoms with E-state index in [0.29, 0.717) is 62.8 Å². The molecule has 10 heteroatoms. The summed E-state index contributed by atoms with van der Waals surface area (Å²) >= 11 is 0. The Kier molecular flexibility index (Phi) is 21.3. The van der Waals surface area contributed by atoms with E-state index in [9.17, 15) is 14.4 Å². The van der Waals surface area contributed by atoms with Crippen molar-refractivity contribution in [2.45, 2.75) is 162 Å². The van der Waals surface area contributed by atoms with Crippen molar-refractivity contribution in [3.63, 3.8) is 0 Å². The number of Topliss-reactive ketones (excluding diaryl/α,β-unsaturated/α-hetero) is 1. The Labute approximate surface area is 302 Å². The van der Waals surface area contributed by atoms with Crippen molar-refractivity contribution < 1.29 is 42.8 Å². The van der Waals surface area contributed by atoms with Gasteiger partial charge in [-0.15, -0.1) is 0 Å². The third kappa shape index (κ3) is 17.4. The molecule has 1 saturated heterocycles. The molecule has 50 heavy (non-hydrogen) atoms. The van der Waals surface area contributed by atoms with Crippen LogP contribution >= 0.6 is 0 Å². The standard InChI is InChI=1S/C40H69NO9/c1-9-15-36-38(43)41-26-34(47-28-46-8)25-37-35(49-40(5,6)50-37)23-22-32(27-45-7)19-13-17-31(10-2)18-14-21-33(42)20-12-11-16-29(3)24-30(4)39(44)48-36/h13,17,19,29-31,34-37H,9-12,14-16,18,20-28H2,1-8H3,(H,41,43)/b17-13-,32-19-/t29-,30+,31+,34+,35-,36+,37+/m1/s1. The molecule has 1 amide bonds. The molecular formula is C40H69NO9. The number of hydrogen-bond acceptors (Lipinski definition) is 9. The van der Waals surface area contributed by atoms with Crippen LogP contribution in [0.5, 0.6) is 0 Å². The summed E-state index contributed by atoms with van der Waals surface area (Å²) in [7, 11) is 3.27. The summed E-state index contributed by atoms with van der Waals surface area (Å²) in [4.78, 5) is 39.1. The van der Waals surface area contributed by atoms with E-state index in [0.717, 1.165) is 56.9 Å². The van der Waals surface area contributed by atoms with Gasteiger partial charge in [0.25, 0.3) is 5.91 Å². The third-order valence-electron chi connectivity index (χ3n) is 9.72. The van der Waals surface area contributed by atoms with Crippen LogP contribution < -0.4 is 5.32 Å². The number of ketones is 1. The number of nitrogens with one attached hydrogen (secondary N) is 1. The van der Waals surface area contributed by atoms with Crippen molar-refractivity contribution in [2.24, 2.45) is 17.8 Å². The number of carbonyl (C=O) groups excluding carboxylic acids is 3. The zero-order valence-electron chi connectivity index (χ0n) is 32.5. The molecule has 7 atom stereocenters. The van der Waals surface area contributed by atoms with Crippen molar-refractivity contribution in [3.8, 4) is 0 Å². The molecule has 0 saturated carbocycles. The average Bonchev–Trinajstić information content (AvgIpc) is 3.37. The number of fused-ring (bicyclic) bond motifs is 1. The van der Waals surface area contributed by atoms with Crippen LogP contribution in [-0.4, -0.2) is 82.0 Å². The molecular weight excluding hydrogens is 638 g/mol. The number of esters is 1. The summed E-state index contributed by atoms with van der Waals surface area (Å²) in [6.45, 7) is 12.8. The van der Waals surface area contributed by atoms with Crippen molar-refractivity contribution in [1.82, 2.24) is 5.32 Å². The van der Waals surface area contributed by atoms with Gasteiger partial charge in [0, 0.05) is 40.0 Å². The predicted octanol–water partition coefficient (Wildman–Crippen LogP) is 7.62. The summed E-state index contributed by atoms with van der Waals surface area (Å²) < 4.78 is 35.3. The maximum Gasteiger partial charge on any atom is 0.309 e. The van der Waals surface area contributed by atoms with Gasteiger partial charge in [-0.1, -0.05) is 65.2 Å². The lowest BCUT2D eigenvalue weighted by molar-refractivity contribution is -0.160. The van der Waals surface area contributed by atoms with Gasteiger partial charge in [0.15, 0.2) is 11.9 Å². The number of carbonyl (C=O) groups is 3. The highest BCUT2D eigenvalue weighted by atomic mass is 16.8. The zero-order valence-corrected chi connectivity index (χ0v) is 32.5. The summed E-state index contributed by atoms with van der Waals surface area (Å²) in [5, 5.41) is 2.97. The Hall–Kier alpha value is -2.11. The van der Waals surface area contributed by atoms with E-state index < -0.39 is 18.0 Å². The third-order valence-corrected chi connectivity index (χ3v) is 9.72. The average molecular weight is 708 g/mol. The number of cyclic esters (lactones) is 1. The van der Waals surface area contributed by atoms with E-state index in [1.54, 1.807) is 14.2 Å². The molecule has 0 unspecified atom stereocenters. The first-order chi connectivity index (χ1) is 23.9. The normalized spacial score (nSPS) is 32.4. The van der Waals surface area contributed by atoms with Crippen molar-refractivity contribution in [3.05, 3.63) is 23.8 Å². The highest BCUT2D eigenvalue weighted by Gasteiger charge is 2.42. The first-order valence-corrected chi connectivity index (χ1v) is 19.2. The van der Waals surface area contributed by atoms with Gasteiger partial charge >= 0.3 is 5.97 Å². The molecule has 0 spiro atoms. The molecule has 0 aliphatic carbocycles. The molecule has 2 aliphatic heterocycles. The second-order valence-electron chi connectivity index (χ2n) is 14.9. The minimum atomic E-state index is -0.878. The summed E-state index contributed by atoms with van der Waals surface area (Å²) in [6, 6.07) is 0. The van der Waals surface area contributed by atoms with Crippen LogP contribution in [0.2, 0.25) is 0 Å². The van der Waals surface area contributed by atoms with Crippen molar-refractivity contribution >= 4 is 17.7 Å². The number of methoxy groups -OCH3 is 2. The Bertz CT molecular complexity index is 1060. The van der Waals surface area contributed by atoms with Crippen LogP contribution in [0.4, 0.5) is 0 Å². The SMILES string of the molecule is CCC[C@@H]1OC(=O)[C@@H](C)C[C@H](C)CCCCC(=O)CCC[C@@H](CC)/C=C\C=C(/COC)CC[C@H]2OC(C)(C)O[C@H]2C[C@H](OCOC)CNC1=O. The second-order valence-corrected chi connectivity index (χ2v) is 14.9. The molecule has 0 bridgehead atoms. The number of allylic oxidation sites excluding steroid dienone is 3. The Morgan fingerprint density at radius 1 is 0.900 bits per heavy atom. The number of rotatable bonds is 8. The topological polar surface area (TPSA) is 119 Å². The maximum atomic E-state index is 13.4. The number of hydrogen-bond donors (Lipinski definition) is 1. The fraction of sp³-hybridized carbons (Fsp3) is 0.825. The highest BCUT2D eigenvalue weighted by molar-refractivity contribution is 5.84. The molecule has 2 aliphatic rings. The Balaban J connectivity index is 2.26. The Morgan fingerprint density at radius 2 is 1.64 bits per heavy atom. The first-order valence-electron chi connectivity index (χ1n) is 19.2. The maximum absolute atomic E-state index is 13.4. The van der Waals surface area contributed by atoms with Crippen LogP contribution in [0.25, 0.3) is 0 Å². The molecule has 2 rings (SSSR count). The van der Waals surface area contributed by atoms with Crippen LogP contribution in [0.3, 0.4) is 0 Å².